The van der Waals surface area contributed by atoms with E-state index >= 15 is 0 Å². The lowest BCUT2D eigenvalue weighted by atomic mass is 9.65. The highest BCUT2D eigenvalue weighted by atomic mass is 16.6. The molecule has 0 radical (unpaired) electrons. The summed E-state index contributed by atoms with van der Waals surface area (Å²) in [7, 11) is 1.50. The van der Waals surface area contributed by atoms with Crippen LogP contribution >= 0.6 is 0 Å². The van der Waals surface area contributed by atoms with Crippen LogP contribution in [-0.2, 0) is 35.2 Å². The maximum Gasteiger partial charge on any atom is 0.312 e. The molecule has 0 aliphatic rings. The molecule has 1 aromatic rings. The lowest BCUT2D eigenvalue weighted by Gasteiger charge is -2.39. The van der Waals surface area contributed by atoms with E-state index in [-0.39, 0.29) is 32.7 Å². The number of rotatable bonds is 13. The third-order valence-electron chi connectivity index (χ3n) is 5.69. The lowest BCUT2D eigenvalue weighted by Crippen LogP contribution is -2.44. The summed E-state index contributed by atoms with van der Waals surface area (Å²) in [6, 6.07) is 9.34. The highest BCUT2D eigenvalue weighted by molar-refractivity contribution is 5.82. The second-order valence-electron chi connectivity index (χ2n) is 9.21. The van der Waals surface area contributed by atoms with Gasteiger partial charge < -0.3 is 19.3 Å². The van der Waals surface area contributed by atoms with E-state index in [1.165, 1.54) is 7.11 Å². The summed E-state index contributed by atoms with van der Waals surface area (Å²) in [6.45, 7) is 8.79. The molecule has 0 bridgehead atoms. The van der Waals surface area contributed by atoms with Gasteiger partial charge in [0.2, 0.25) is 0 Å². The van der Waals surface area contributed by atoms with Crippen molar-refractivity contribution < 1.29 is 33.7 Å². The van der Waals surface area contributed by atoms with Gasteiger partial charge in [0, 0.05) is 7.11 Å². The van der Waals surface area contributed by atoms with Gasteiger partial charge in [0.1, 0.15) is 13.2 Å². The summed E-state index contributed by atoms with van der Waals surface area (Å²) in [5.41, 5.74) is -2.51. The van der Waals surface area contributed by atoms with Crippen molar-refractivity contribution in [2.24, 2.45) is 16.2 Å². The lowest BCUT2D eigenvalue weighted by molar-refractivity contribution is -0.168. The first kappa shape index (κ1) is 26.6. The van der Waals surface area contributed by atoms with Gasteiger partial charge in [-0.1, -0.05) is 37.3 Å². The molecule has 0 fully saturated rings. The minimum absolute atomic E-state index is 0.0166. The first-order valence-electron chi connectivity index (χ1n) is 10.5. The van der Waals surface area contributed by atoms with Crippen molar-refractivity contribution >= 4 is 17.9 Å². The van der Waals surface area contributed by atoms with Gasteiger partial charge in [0.25, 0.3) is 0 Å². The van der Waals surface area contributed by atoms with Crippen molar-refractivity contribution in [2.75, 3.05) is 20.3 Å². The fourth-order valence-corrected chi connectivity index (χ4v) is 3.75. The van der Waals surface area contributed by atoms with Crippen LogP contribution in [0, 0.1) is 16.2 Å². The van der Waals surface area contributed by atoms with Gasteiger partial charge in [-0.15, -0.1) is 0 Å². The Hall–Kier alpha value is -2.41. The van der Waals surface area contributed by atoms with Gasteiger partial charge in [0.15, 0.2) is 0 Å². The second kappa shape index (κ2) is 11.3. The molecule has 0 aliphatic heterocycles. The molecule has 1 N–H and O–H groups in total. The molecule has 31 heavy (non-hydrogen) atoms. The predicted octanol–water partition coefficient (Wildman–Crippen LogP) is 4.23. The number of esters is 2. The molecule has 0 spiro atoms. The van der Waals surface area contributed by atoms with E-state index in [4.69, 9.17) is 14.2 Å². The number of benzene rings is 1. The van der Waals surface area contributed by atoms with Gasteiger partial charge in [-0.2, -0.15) is 0 Å². The Balaban J connectivity index is 3.09. The zero-order chi connectivity index (χ0) is 23.7. The highest BCUT2D eigenvalue weighted by Gasteiger charge is 2.49. The van der Waals surface area contributed by atoms with Crippen molar-refractivity contribution in [2.45, 2.75) is 60.5 Å². The number of carbonyl (C=O) groups is 3. The zero-order valence-corrected chi connectivity index (χ0v) is 19.5. The molecule has 174 valence electrons. The van der Waals surface area contributed by atoms with Crippen LogP contribution in [0.25, 0.3) is 0 Å². The Bertz CT molecular complexity index is 744. The summed E-state index contributed by atoms with van der Waals surface area (Å²) in [5.74, 6) is -1.99. The summed E-state index contributed by atoms with van der Waals surface area (Å²) in [6.07, 6.45) is 0.546. The van der Waals surface area contributed by atoms with Crippen LogP contribution in [0.3, 0.4) is 0 Å². The molecule has 0 heterocycles. The van der Waals surface area contributed by atoms with Crippen LogP contribution in [0.4, 0.5) is 0 Å². The molecule has 2 atom stereocenters. The van der Waals surface area contributed by atoms with Crippen molar-refractivity contribution in [3.05, 3.63) is 35.9 Å². The molecular formula is C24H36O7. The van der Waals surface area contributed by atoms with Crippen molar-refractivity contribution in [3.8, 4) is 0 Å². The minimum Gasteiger partial charge on any atom is -0.481 e. The van der Waals surface area contributed by atoms with Crippen molar-refractivity contribution in [1.82, 2.24) is 0 Å². The average molecular weight is 437 g/mol. The fraction of sp³-hybridized carbons (Fsp3) is 0.625. The summed E-state index contributed by atoms with van der Waals surface area (Å²) < 4.78 is 15.9. The molecule has 0 saturated heterocycles. The van der Waals surface area contributed by atoms with Gasteiger partial charge in [0.05, 0.1) is 22.9 Å². The van der Waals surface area contributed by atoms with Gasteiger partial charge >= 0.3 is 17.9 Å². The monoisotopic (exact) mass is 436 g/mol. The number of ether oxygens (including phenoxy) is 3. The molecule has 1 aromatic carbocycles. The summed E-state index contributed by atoms with van der Waals surface area (Å²) in [4.78, 5) is 37.8. The number of hydrogen-bond donors (Lipinski definition) is 1. The average Bonchev–Trinajstić information content (AvgIpc) is 2.72. The van der Waals surface area contributed by atoms with E-state index in [0.29, 0.717) is 6.42 Å². The molecule has 0 aromatic heterocycles. The largest absolute Gasteiger partial charge is 0.481 e. The van der Waals surface area contributed by atoms with Gasteiger partial charge in [-0.25, -0.2) is 0 Å². The van der Waals surface area contributed by atoms with Crippen LogP contribution in [-0.4, -0.2) is 43.3 Å². The number of aliphatic carboxylic acids is 1. The minimum atomic E-state index is -1.20. The Morgan fingerprint density at radius 1 is 0.871 bits per heavy atom. The maximum absolute atomic E-state index is 13.0. The molecule has 1 rings (SSSR count). The quantitative estimate of drug-likeness (QED) is 0.365. The Morgan fingerprint density at radius 2 is 1.45 bits per heavy atom. The Kier molecular flexibility index (Phi) is 9.69. The van der Waals surface area contributed by atoms with Crippen LogP contribution in [0.1, 0.15) is 59.4 Å². The zero-order valence-electron chi connectivity index (χ0n) is 19.5. The number of carboxylic acid groups (broad SMARTS) is 1. The van der Waals surface area contributed by atoms with Crippen LogP contribution in [0.15, 0.2) is 30.3 Å². The second-order valence-corrected chi connectivity index (χ2v) is 9.21. The fourth-order valence-electron chi connectivity index (χ4n) is 3.75. The summed E-state index contributed by atoms with van der Waals surface area (Å²) in [5, 5.41) is 9.61. The van der Waals surface area contributed by atoms with E-state index in [2.05, 4.69) is 0 Å². The molecule has 0 aliphatic carbocycles. The number of methoxy groups -OCH3 is 1. The van der Waals surface area contributed by atoms with Crippen LogP contribution < -0.4 is 0 Å². The van der Waals surface area contributed by atoms with E-state index in [9.17, 15) is 19.5 Å². The highest BCUT2D eigenvalue weighted by Crippen LogP contribution is 2.45. The maximum atomic E-state index is 13.0. The molecule has 7 heteroatoms. The first-order valence-corrected chi connectivity index (χ1v) is 10.5. The molecule has 2 unspecified atom stereocenters. The summed E-state index contributed by atoms with van der Waals surface area (Å²) >= 11 is 0. The molecule has 0 amide bonds. The molecule has 7 nitrogen and oxygen atoms in total. The molecular weight excluding hydrogens is 400 g/mol. The first-order chi connectivity index (χ1) is 14.4. The van der Waals surface area contributed by atoms with E-state index < -0.39 is 34.2 Å². The van der Waals surface area contributed by atoms with E-state index in [1.54, 1.807) is 27.7 Å². The topological polar surface area (TPSA) is 99.1 Å². The normalized spacial score (nSPS) is 15.4. The number of hydrogen-bond acceptors (Lipinski definition) is 6. The third kappa shape index (κ3) is 7.65. The standard InChI is InChI=1S/C24H36O7/c1-7-23(4,20(27)31-15-18-11-9-8-10-12-18)17-24(5,16-22(2,3)19(25)26)21(28)30-14-13-29-6/h8-12H,7,13-17H2,1-6H3,(H,25,26). The van der Waals surface area contributed by atoms with E-state index in [1.807, 2.05) is 37.3 Å². The van der Waals surface area contributed by atoms with Gasteiger partial charge in [-0.3, -0.25) is 14.4 Å². The number of carbonyl (C=O) groups excluding carboxylic acids is 2. The van der Waals surface area contributed by atoms with E-state index in [0.717, 1.165) is 5.56 Å². The van der Waals surface area contributed by atoms with Crippen molar-refractivity contribution in [1.29, 1.82) is 0 Å². The Morgan fingerprint density at radius 3 is 1.97 bits per heavy atom. The smallest absolute Gasteiger partial charge is 0.312 e. The molecule has 0 saturated carbocycles. The SMILES string of the molecule is CCC(C)(CC(C)(CC(C)(C)C(=O)O)C(=O)OCCOC)C(=O)OCc1ccccc1. The number of carboxylic acids is 1. The Labute approximate surface area is 185 Å². The van der Waals surface area contributed by atoms with Crippen molar-refractivity contribution in [3.63, 3.8) is 0 Å². The van der Waals surface area contributed by atoms with Crippen LogP contribution in [0.5, 0.6) is 0 Å². The van der Waals surface area contributed by atoms with Gasteiger partial charge in [-0.05, 0) is 52.5 Å². The third-order valence-corrected chi connectivity index (χ3v) is 5.69. The predicted molar refractivity (Wildman–Crippen MR) is 116 cm³/mol. The van der Waals surface area contributed by atoms with Crippen LogP contribution in [0.2, 0.25) is 0 Å².